The molecule has 0 bridgehead atoms. The molecule has 0 fully saturated rings. The minimum atomic E-state index is -1.25. The number of phenols is 1. The van der Waals surface area contributed by atoms with Crippen LogP contribution in [0.3, 0.4) is 0 Å². The zero-order valence-electron chi connectivity index (χ0n) is 11.0. The normalized spacial score (nSPS) is 11.7. The SMILES string of the molecule is CC(NC(=O)Nc1ccc(C(=O)O)c(O)c1)c1ncn[nH]1. The molecule has 1 aromatic carbocycles. The first-order valence-electron chi connectivity index (χ1n) is 5.96. The highest BCUT2D eigenvalue weighted by Gasteiger charge is 2.14. The average molecular weight is 291 g/mol. The van der Waals surface area contributed by atoms with Gasteiger partial charge in [-0.15, -0.1) is 0 Å². The van der Waals surface area contributed by atoms with Crippen LogP contribution in [0.1, 0.15) is 29.1 Å². The Bertz CT molecular complexity index is 656. The lowest BCUT2D eigenvalue weighted by atomic mass is 10.2. The number of hydrogen-bond donors (Lipinski definition) is 5. The summed E-state index contributed by atoms with van der Waals surface area (Å²) in [6.07, 6.45) is 1.33. The molecule has 0 spiro atoms. The van der Waals surface area contributed by atoms with Crippen molar-refractivity contribution in [2.75, 3.05) is 5.32 Å². The third-order valence-electron chi connectivity index (χ3n) is 2.68. The molecule has 2 aromatic rings. The molecule has 1 unspecified atom stereocenters. The molecule has 21 heavy (non-hydrogen) atoms. The number of aromatic nitrogens is 3. The number of benzene rings is 1. The minimum Gasteiger partial charge on any atom is -0.507 e. The third kappa shape index (κ3) is 3.47. The minimum absolute atomic E-state index is 0.240. The number of aromatic carboxylic acids is 1. The largest absolute Gasteiger partial charge is 0.507 e. The van der Waals surface area contributed by atoms with E-state index in [1.54, 1.807) is 6.92 Å². The van der Waals surface area contributed by atoms with Gasteiger partial charge >= 0.3 is 12.0 Å². The molecular weight excluding hydrogens is 278 g/mol. The van der Waals surface area contributed by atoms with E-state index in [4.69, 9.17) is 5.11 Å². The molecule has 110 valence electrons. The first-order valence-corrected chi connectivity index (χ1v) is 5.96. The van der Waals surface area contributed by atoms with Gasteiger partial charge in [-0.3, -0.25) is 5.10 Å². The molecule has 1 heterocycles. The lowest BCUT2D eigenvalue weighted by molar-refractivity contribution is 0.0694. The van der Waals surface area contributed by atoms with Crippen LogP contribution in [-0.4, -0.2) is 37.4 Å². The summed E-state index contributed by atoms with van der Waals surface area (Å²) in [6, 6.07) is 2.82. The quantitative estimate of drug-likeness (QED) is 0.571. The maximum Gasteiger partial charge on any atom is 0.339 e. The number of amides is 2. The average Bonchev–Trinajstić information content (AvgIpc) is 2.91. The van der Waals surface area contributed by atoms with Crippen LogP contribution in [0.4, 0.5) is 10.5 Å². The Hall–Kier alpha value is -3.10. The maximum absolute atomic E-state index is 11.8. The molecule has 9 nitrogen and oxygen atoms in total. The second-order valence-corrected chi connectivity index (χ2v) is 4.23. The van der Waals surface area contributed by atoms with E-state index in [1.165, 1.54) is 18.5 Å². The van der Waals surface area contributed by atoms with Crippen molar-refractivity contribution in [3.8, 4) is 5.75 Å². The van der Waals surface area contributed by atoms with Crippen molar-refractivity contribution < 1.29 is 19.8 Å². The predicted molar refractivity (Wildman–Crippen MR) is 72.0 cm³/mol. The number of aromatic amines is 1. The molecule has 1 atom stereocenters. The first kappa shape index (κ1) is 14.3. The van der Waals surface area contributed by atoms with Crippen LogP contribution in [0.15, 0.2) is 24.5 Å². The Balaban J connectivity index is 2.00. The van der Waals surface area contributed by atoms with Crippen molar-refractivity contribution in [3.63, 3.8) is 0 Å². The summed E-state index contributed by atoms with van der Waals surface area (Å²) < 4.78 is 0. The van der Waals surface area contributed by atoms with E-state index >= 15 is 0 Å². The van der Waals surface area contributed by atoms with Gasteiger partial charge in [0.05, 0.1) is 6.04 Å². The standard InChI is InChI=1S/C12H13N5O4/c1-6(10-13-5-14-17-10)15-12(21)16-7-2-3-8(11(19)20)9(18)4-7/h2-6,18H,1H3,(H,19,20)(H,13,14,17)(H2,15,16,21). The monoisotopic (exact) mass is 291 g/mol. The van der Waals surface area contributed by atoms with Crippen LogP contribution in [0.5, 0.6) is 5.75 Å². The molecule has 0 aliphatic heterocycles. The molecule has 1 aromatic heterocycles. The van der Waals surface area contributed by atoms with Crippen molar-refractivity contribution >= 4 is 17.7 Å². The zero-order valence-corrected chi connectivity index (χ0v) is 11.0. The number of aromatic hydroxyl groups is 1. The number of anilines is 1. The molecule has 9 heteroatoms. The van der Waals surface area contributed by atoms with Crippen molar-refractivity contribution in [2.45, 2.75) is 13.0 Å². The van der Waals surface area contributed by atoms with Crippen LogP contribution in [-0.2, 0) is 0 Å². The molecule has 0 saturated heterocycles. The Morgan fingerprint density at radius 2 is 2.14 bits per heavy atom. The van der Waals surface area contributed by atoms with Gasteiger partial charge in [-0.2, -0.15) is 5.10 Å². The molecule has 0 radical (unpaired) electrons. The molecular formula is C12H13N5O4. The van der Waals surface area contributed by atoms with Crippen molar-refractivity contribution in [1.29, 1.82) is 0 Å². The Morgan fingerprint density at radius 1 is 1.38 bits per heavy atom. The van der Waals surface area contributed by atoms with Crippen molar-refractivity contribution in [3.05, 3.63) is 35.9 Å². The van der Waals surface area contributed by atoms with E-state index in [-0.39, 0.29) is 17.3 Å². The molecule has 0 aliphatic rings. The first-order chi connectivity index (χ1) is 9.97. The van der Waals surface area contributed by atoms with Crippen LogP contribution >= 0.6 is 0 Å². The van der Waals surface area contributed by atoms with Gasteiger partial charge in [0.25, 0.3) is 0 Å². The highest BCUT2D eigenvalue weighted by atomic mass is 16.4. The fourth-order valence-electron chi connectivity index (χ4n) is 1.65. The summed E-state index contributed by atoms with van der Waals surface area (Å²) in [5.41, 5.74) is 0.0238. The summed E-state index contributed by atoms with van der Waals surface area (Å²) in [4.78, 5) is 26.4. The zero-order chi connectivity index (χ0) is 15.4. The van der Waals surface area contributed by atoms with Gasteiger partial charge in [-0.05, 0) is 19.1 Å². The number of carboxylic acids is 1. The number of H-pyrrole nitrogens is 1. The fraction of sp³-hybridized carbons (Fsp3) is 0.167. The number of carboxylic acid groups (broad SMARTS) is 1. The van der Waals surface area contributed by atoms with Crippen LogP contribution in [0.2, 0.25) is 0 Å². The predicted octanol–water partition coefficient (Wildman–Crippen LogP) is 1.09. The highest BCUT2D eigenvalue weighted by molar-refractivity contribution is 5.94. The number of carbonyl (C=O) groups is 2. The lowest BCUT2D eigenvalue weighted by Crippen LogP contribution is -2.31. The van der Waals surface area contributed by atoms with Gasteiger partial charge < -0.3 is 20.8 Å². The number of nitrogens with one attached hydrogen (secondary N) is 3. The van der Waals surface area contributed by atoms with Gasteiger partial charge in [0.2, 0.25) is 0 Å². The number of urea groups is 1. The Labute approximate surface area is 119 Å². The van der Waals surface area contributed by atoms with Crippen molar-refractivity contribution in [2.24, 2.45) is 0 Å². The lowest BCUT2D eigenvalue weighted by Gasteiger charge is -2.12. The van der Waals surface area contributed by atoms with Crippen LogP contribution in [0, 0.1) is 0 Å². The van der Waals surface area contributed by atoms with Gasteiger partial charge in [0.15, 0.2) is 0 Å². The molecule has 2 amide bonds. The molecule has 0 saturated carbocycles. The van der Waals surface area contributed by atoms with Gasteiger partial charge in [-0.25, -0.2) is 14.6 Å². The second kappa shape index (κ2) is 5.90. The van der Waals surface area contributed by atoms with Crippen molar-refractivity contribution in [1.82, 2.24) is 20.5 Å². The summed E-state index contributed by atoms with van der Waals surface area (Å²) in [5, 5.41) is 29.7. The van der Waals surface area contributed by atoms with Gasteiger partial charge in [0, 0.05) is 11.8 Å². The smallest absolute Gasteiger partial charge is 0.339 e. The van der Waals surface area contributed by atoms with Crippen LogP contribution in [0.25, 0.3) is 0 Å². The Morgan fingerprint density at radius 3 is 2.71 bits per heavy atom. The second-order valence-electron chi connectivity index (χ2n) is 4.23. The van der Waals surface area contributed by atoms with Gasteiger partial charge in [-0.1, -0.05) is 0 Å². The van der Waals surface area contributed by atoms with Crippen LogP contribution < -0.4 is 10.6 Å². The number of hydrogen-bond acceptors (Lipinski definition) is 5. The third-order valence-corrected chi connectivity index (χ3v) is 2.68. The van der Waals surface area contributed by atoms with E-state index in [0.717, 1.165) is 6.07 Å². The summed E-state index contributed by atoms with van der Waals surface area (Å²) in [5.74, 6) is -1.18. The summed E-state index contributed by atoms with van der Waals surface area (Å²) >= 11 is 0. The highest BCUT2D eigenvalue weighted by Crippen LogP contribution is 2.22. The fourth-order valence-corrected chi connectivity index (χ4v) is 1.65. The van der Waals surface area contributed by atoms with E-state index in [9.17, 15) is 14.7 Å². The summed E-state index contributed by atoms with van der Waals surface area (Å²) in [6.45, 7) is 1.71. The number of rotatable bonds is 4. The number of nitrogens with zero attached hydrogens (tertiary/aromatic N) is 2. The molecule has 5 N–H and O–H groups in total. The molecule has 2 rings (SSSR count). The van der Waals surface area contributed by atoms with E-state index in [2.05, 4.69) is 25.8 Å². The molecule has 0 aliphatic carbocycles. The topological polar surface area (TPSA) is 140 Å². The number of carbonyl (C=O) groups excluding carboxylic acids is 1. The Kier molecular flexibility index (Phi) is 4.02. The van der Waals surface area contributed by atoms with E-state index < -0.39 is 17.7 Å². The maximum atomic E-state index is 11.8. The summed E-state index contributed by atoms with van der Waals surface area (Å²) in [7, 11) is 0. The van der Waals surface area contributed by atoms with E-state index in [1.807, 2.05) is 0 Å². The van der Waals surface area contributed by atoms with Gasteiger partial charge in [0.1, 0.15) is 23.5 Å². The van der Waals surface area contributed by atoms with E-state index in [0.29, 0.717) is 5.82 Å².